The second-order valence-corrected chi connectivity index (χ2v) is 5.80. The zero-order chi connectivity index (χ0) is 16.9. The van der Waals surface area contributed by atoms with E-state index in [1.54, 1.807) is 18.5 Å². The van der Waals surface area contributed by atoms with Crippen LogP contribution in [0.5, 0.6) is 0 Å². The first-order chi connectivity index (χ1) is 11.7. The molecule has 0 aliphatic carbocycles. The molecule has 8 nitrogen and oxygen atoms in total. The van der Waals surface area contributed by atoms with E-state index in [1.807, 2.05) is 13.8 Å². The molecule has 0 saturated carbocycles. The van der Waals surface area contributed by atoms with Gasteiger partial charge in [0, 0.05) is 44.1 Å². The molecule has 3 heterocycles. The maximum absolute atomic E-state index is 12.2. The summed E-state index contributed by atoms with van der Waals surface area (Å²) in [6, 6.07) is 1.81. The minimum Gasteiger partial charge on any atom is -0.338 e. The van der Waals surface area contributed by atoms with E-state index in [2.05, 4.69) is 30.2 Å². The maximum atomic E-state index is 12.2. The Morgan fingerprint density at radius 1 is 1.25 bits per heavy atom. The molecule has 0 atom stereocenters. The highest BCUT2D eigenvalue weighted by Crippen LogP contribution is 2.18. The molecule has 1 saturated heterocycles. The van der Waals surface area contributed by atoms with Crippen molar-refractivity contribution in [3.8, 4) is 0 Å². The molecule has 3 rings (SSSR count). The summed E-state index contributed by atoms with van der Waals surface area (Å²) in [5.41, 5.74) is 1.78. The summed E-state index contributed by atoms with van der Waals surface area (Å²) in [4.78, 5) is 25.0. The lowest BCUT2D eigenvalue weighted by atomic mass is 10.2. The highest BCUT2D eigenvalue weighted by Gasteiger charge is 2.21. The summed E-state index contributed by atoms with van der Waals surface area (Å²) < 4.78 is 5.20. The van der Waals surface area contributed by atoms with Crippen LogP contribution in [-0.2, 0) is 11.2 Å². The van der Waals surface area contributed by atoms with Crippen LogP contribution in [-0.4, -0.2) is 58.7 Å². The molecular formula is C16H22N6O2. The molecule has 0 unspecified atom stereocenters. The Morgan fingerprint density at radius 2 is 1.96 bits per heavy atom. The average molecular weight is 330 g/mol. The third-order valence-corrected chi connectivity index (χ3v) is 4.18. The van der Waals surface area contributed by atoms with Gasteiger partial charge in [0.25, 0.3) is 0 Å². The predicted molar refractivity (Wildman–Crippen MR) is 89.9 cm³/mol. The van der Waals surface area contributed by atoms with Gasteiger partial charge in [0.05, 0.1) is 12.2 Å². The number of rotatable bonds is 5. The fraction of sp³-hybridized carbons (Fsp3) is 0.500. The Hall–Kier alpha value is -2.48. The standard InChI is InChI=1S/C16H22N6O2/c1-3-13-12(2)15(24-20-13)19-14(23)11-21-7-9-22(10-8-21)16-17-5-4-6-18-16/h4-6H,3,7-11H2,1-2H3,(H,19,23). The van der Waals surface area contributed by atoms with E-state index >= 15 is 0 Å². The van der Waals surface area contributed by atoms with Crippen molar-refractivity contribution in [2.45, 2.75) is 20.3 Å². The van der Waals surface area contributed by atoms with Gasteiger partial charge in [0.1, 0.15) is 0 Å². The van der Waals surface area contributed by atoms with E-state index in [0.29, 0.717) is 12.4 Å². The van der Waals surface area contributed by atoms with Crippen LogP contribution in [0.3, 0.4) is 0 Å². The molecule has 24 heavy (non-hydrogen) atoms. The fourth-order valence-electron chi connectivity index (χ4n) is 2.74. The van der Waals surface area contributed by atoms with Crippen LogP contribution in [0, 0.1) is 6.92 Å². The number of hydrogen-bond acceptors (Lipinski definition) is 7. The molecule has 2 aromatic heterocycles. The summed E-state index contributed by atoms with van der Waals surface area (Å²) in [5, 5.41) is 6.76. The topological polar surface area (TPSA) is 87.4 Å². The van der Waals surface area contributed by atoms with Gasteiger partial charge in [-0.3, -0.25) is 15.0 Å². The first-order valence-corrected chi connectivity index (χ1v) is 8.16. The van der Waals surface area contributed by atoms with Crippen LogP contribution in [0.4, 0.5) is 11.8 Å². The summed E-state index contributed by atoms with van der Waals surface area (Å²) >= 11 is 0. The summed E-state index contributed by atoms with van der Waals surface area (Å²) in [7, 11) is 0. The third kappa shape index (κ3) is 3.70. The molecule has 2 aromatic rings. The second kappa shape index (κ2) is 7.39. The number of nitrogens with zero attached hydrogens (tertiary/aromatic N) is 5. The number of hydrogen-bond donors (Lipinski definition) is 1. The average Bonchev–Trinajstić information content (AvgIpc) is 2.96. The molecule has 1 amide bonds. The number of aryl methyl sites for hydroxylation is 1. The predicted octanol–water partition coefficient (Wildman–Crippen LogP) is 1.10. The van der Waals surface area contributed by atoms with E-state index in [4.69, 9.17) is 4.52 Å². The number of anilines is 2. The molecule has 0 radical (unpaired) electrons. The SMILES string of the molecule is CCc1noc(NC(=O)CN2CCN(c3ncccn3)CC2)c1C. The summed E-state index contributed by atoms with van der Waals surface area (Å²) in [6.07, 6.45) is 4.27. The van der Waals surface area contributed by atoms with Crippen LogP contribution in [0.1, 0.15) is 18.2 Å². The van der Waals surface area contributed by atoms with Crippen LogP contribution < -0.4 is 10.2 Å². The van der Waals surface area contributed by atoms with Gasteiger partial charge >= 0.3 is 0 Å². The molecule has 1 aliphatic heterocycles. The monoisotopic (exact) mass is 330 g/mol. The van der Waals surface area contributed by atoms with Crippen LogP contribution in [0.25, 0.3) is 0 Å². The molecule has 1 aliphatic rings. The Balaban J connectivity index is 1.49. The van der Waals surface area contributed by atoms with Crippen LogP contribution >= 0.6 is 0 Å². The lowest BCUT2D eigenvalue weighted by molar-refractivity contribution is -0.117. The van der Waals surface area contributed by atoms with Crippen molar-refractivity contribution in [1.82, 2.24) is 20.0 Å². The molecule has 8 heteroatoms. The van der Waals surface area contributed by atoms with Crippen molar-refractivity contribution in [3.05, 3.63) is 29.7 Å². The van der Waals surface area contributed by atoms with E-state index < -0.39 is 0 Å². The van der Waals surface area contributed by atoms with Crippen LogP contribution in [0.2, 0.25) is 0 Å². The van der Waals surface area contributed by atoms with Crippen molar-refractivity contribution in [2.75, 3.05) is 42.9 Å². The van der Waals surface area contributed by atoms with Gasteiger partial charge in [-0.15, -0.1) is 0 Å². The van der Waals surface area contributed by atoms with Crippen molar-refractivity contribution in [2.24, 2.45) is 0 Å². The van der Waals surface area contributed by atoms with Gasteiger partial charge in [-0.2, -0.15) is 0 Å². The molecule has 0 aromatic carbocycles. The largest absolute Gasteiger partial charge is 0.338 e. The van der Waals surface area contributed by atoms with Gasteiger partial charge in [-0.25, -0.2) is 9.97 Å². The van der Waals surface area contributed by atoms with Crippen molar-refractivity contribution in [3.63, 3.8) is 0 Å². The quantitative estimate of drug-likeness (QED) is 0.878. The van der Waals surface area contributed by atoms with Gasteiger partial charge < -0.3 is 9.42 Å². The van der Waals surface area contributed by atoms with Crippen molar-refractivity contribution in [1.29, 1.82) is 0 Å². The minimum atomic E-state index is -0.0821. The zero-order valence-corrected chi connectivity index (χ0v) is 14.0. The zero-order valence-electron chi connectivity index (χ0n) is 14.0. The molecule has 128 valence electrons. The molecular weight excluding hydrogens is 308 g/mol. The lowest BCUT2D eigenvalue weighted by Crippen LogP contribution is -2.49. The number of amides is 1. The molecule has 1 fully saturated rings. The molecule has 1 N–H and O–H groups in total. The minimum absolute atomic E-state index is 0.0821. The number of nitrogens with one attached hydrogen (secondary N) is 1. The number of piperazine rings is 1. The number of carbonyl (C=O) groups is 1. The summed E-state index contributed by atoms with van der Waals surface area (Å²) in [5.74, 6) is 1.11. The first kappa shape index (κ1) is 16.4. The Bertz CT molecular complexity index is 679. The van der Waals surface area contributed by atoms with Gasteiger partial charge in [0.15, 0.2) is 0 Å². The van der Waals surface area contributed by atoms with E-state index in [0.717, 1.165) is 49.8 Å². The van der Waals surface area contributed by atoms with E-state index in [1.165, 1.54) is 0 Å². The van der Waals surface area contributed by atoms with E-state index in [-0.39, 0.29) is 5.91 Å². The maximum Gasteiger partial charge on any atom is 0.240 e. The number of carbonyl (C=O) groups excluding carboxylic acids is 1. The van der Waals surface area contributed by atoms with Gasteiger partial charge in [-0.05, 0) is 19.4 Å². The summed E-state index contributed by atoms with van der Waals surface area (Å²) in [6.45, 7) is 7.45. The lowest BCUT2D eigenvalue weighted by Gasteiger charge is -2.34. The molecule has 0 bridgehead atoms. The number of aromatic nitrogens is 3. The Labute approximate surface area is 140 Å². The Kier molecular flexibility index (Phi) is 5.05. The Morgan fingerprint density at radius 3 is 2.58 bits per heavy atom. The van der Waals surface area contributed by atoms with Crippen molar-refractivity contribution >= 4 is 17.7 Å². The first-order valence-electron chi connectivity index (χ1n) is 8.16. The van der Waals surface area contributed by atoms with Crippen molar-refractivity contribution < 1.29 is 9.32 Å². The normalized spacial score (nSPS) is 15.5. The second-order valence-electron chi connectivity index (χ2n) is 5.80. The third-order valence-electron chi connectivity index (χ3n) is 4.18. The highest BCUT2D eigenvalue weighted by atomic mass is 16.5. The smallest absolute Gasteiger partial charge is 0.240 e. The van der Waals surface area contributed by atoms with Gasteiger partial charge in [0.2, 0.25) is 17.7 Å². The molecule has 0 spiro atoms. The van der Waals surface area contributed by atoms with E-state index in [9.17, 15) is 4.79 Å². The highest BCUT2D eigenvalue weighted by molar-refractivity contribution is 5.91. The van der Waals surface area contributed by atoms with Gasteiger partial charge in [-0.1, -0.05) is 12.1 Å². The fourth-order valence-corrected chi connectivity index (χ4v) is 2.74. The van der Waals surface area contributed by atoms with Crippen LogP contribution in [0.15, 0.2) is 23.0 Å².